The Balaban J connectivity index is 1.53. The lowest BCUT2D eigenvalue weighted by atomic mass is 9.64. The normalized spacial score (nSPS) is 23.5. The van der Waals surface area contributed by atoms with E-state index in [9.17, 15) is 18.8 Å². The molecule has 3 aliphatic rings. The van der Waals surface area contributed by atoms with Gasteiger partial charge in [-0.15, -0.1) is 0 Å². The number of carbonyl (C=O) groups is 3. The van der Waals surface area contributed by atoms with Crippen LogP contribution in [0.4, 0.5) is 15.8 Å². The molecule has 1 saturated heterocycles. The van der Waals surface area contributed by atoms with E-state index in [2.05, 4.69) is 5.32 Å². The second-order valence-electron chi connectivity index (χ2n) is 10.5. The summed E-state index contributed by atoms with van der Waals surface area (Å²) >= 11 is 0. The summed E-state index contributed by atoms with van der Waals surface area (Å²) in [7, 11) is 1.52. The largest absolute Gasteiger partial charge is 0.497 e. The van der Waals surface area contributed by atoms with Crippen molar-refractivity contribution in [3.05, 3.63) is 131 Å². The van der Waals surface area contributed by atoms with Gasteiger partial charge >= 0.3 is 0 Å². The topological polar surface area (TPSA) is 75.7 Å². The van der Waals surface area contributed by atoms with Crippen molar-refractivity contribution in [3.8, 4) is 5.75 Å². The Morgan fingerprint density at radius 2 is 1.63 bits per heavy atom. The Hall–Kier alpha value is -5.04. The van der Waals surface area contributed by atoms with Crippen LogP contribution in [0.5, 0.6) is 5.75 Å². The number of benzene rings is 4. The number of nitrogens with one attached hydrogen (secondary N) is 1. The van der Waals surface area contributed by atoms with Gasteiger partial charge in [0, 0.05) is 22.5 Å². The quantitative estimate of drug-likeness (QED) is 0.327. The van der Waals surface area contributed by atoms with Crippen LogP contribution < -0.4 is 15.0 Å². The monoisotopic (exact) mass is 544 g/mol. The molecule has 0 aromatic heterocycles. The molecular weight excluding hydrogens is 519 g/mol. The third-order valence-corrected chi connectivity index (χ3v) is 8.58. The van der Waals surface area contributed by atoms with E-state index in [1.165, 1.54) is 31.4 Å². The van der Waals surface area contributed by atoms with E-state index >= 15 is 0 Å². The van der Waals surface area contributed by atoms with E-state index in [0.29, 0.717) is 22.6 Å². The van der Waals surface area contributed by atoms with Crippen LogP contribution in [-0.4, -0.2) is 36.7 Å². The number of carbonyl (C=O) groups excluding carboxylic acids is 3. The molecule has 0 aliphatic carbocycles. The first-order valence-electron chi connectivity index (χ1n) is 13.4. The second-order valence-corrected chi connectivity index (χ2v) is 10.5. The van der Waals surface area contributed by atoms with Gasteiger partial charge in [0.05, 0.1) is 19.1 Å². The van der Waals surface area contributed by atoms with Gasteiger partial charge in [-0.1, -0.05) is 60.7 Å². The number of ether oxygens (including phenoxy) is 1. The predicted molar refractivity (Wildman–Crippen MR) is 154 cm³/mol. The molecule has 4 aromatic carbocycles. The Morgan fingerprint density at radius 1 is 0.878 bits per heavy atom. The van der Waals surface area contributed by atoms with Gasteiger partial charge in [0.1, 0.15) is 23.0 Å². The molecule has 7 heteroatoms. The summed E-state index contributed by atoms with van der Waals surface area (Å²) in [5, 5.41) is 3.01. The lowest BCUT2D eigenvalue weighted by Crippen LogP contribution is -2.51. The van der Waals surface area contributed by atoms with Crippen molar-refractivity contribution in [2.45, 2.75) is 17.5 Å². The van der Waals surface area contributed by atoms with Crippen LogP contribution in [0.15, 0.2) is 103 Å². The lowest BCUT2D eigenvalue weighted by molar-refractivity contribution is -0.121. The van der Waals surface area contributed by atoms with Crippen LogP contribution in [0.2, 0.25) is 0 Å². The molecule has 3 heterocycles. The van der Waals surface area contributed by atoms with Crippen LogP contribution in [0, 0.1) is 11.7 Å². The Labute approximate surface area is 236 Å². The zero-order valence-electron chi connectivity index (χ0n) is 22.1. The molecule has 1 spiro atoms. The number of anilines is 2. The first-order chi connectivity index (χ1) is 19.9. The molecule has 4 atom stereocenters. The molecule has 6 nitrogen and oxygen atoms in total. The molecule has 4 unspecified atom stereocenters. The smallest absolute Gasteiger partial charge is 0.238 e. The molecule has 3 aliphatic heterocycles. The van der Waals surface area contributed by atoms with Crippen molar-refractivity contribution in [3.63, 3.8) is 0 Å². The number of nitrogens with zero attached hydrogens (tertiary/aromatic N) is 1. The molecule has 4 aromatic rings. The maximum absolute atomic E-state index is 14.7. The second kappa shape index (κ2) is 9.27. The highest BCUT2D eigenvalue weighted by Crippen LogP contribution is 2.58. The van der Waals surface area contributed by atoms with Gasteiger partial charge in [0.2, 0.25) is 5.91 Å². The van der Waals surface area contributed by atoms with E-state index in [1.807, 2.05) is 65.6 Å². The maximum atomic E-state index is 14.7. The number of methoxy groups -OCH3 is 1. The first-order valence-corrected chi connectivity index (χ1v) is 13.4. The summed E-state index contributed by atoms with van der Waals surface area (Å²) < 4.78 is 19.3. The number of halogens is 1. The summed E-state index contributed by atoms with van der Waals surface area (Å²) in [5.41, 5.74) is 2.07. The third-order valence-electron chi connectivity index (χ3n) is 8.58. The number of ketones is 2. The highest BCUT2D eigenvalue weighted by atomic mass is 19.1. The molecule has 1 amide bonds. The highest BCUT2D eigenvalue weighted by molar-refractivity contribution is 6.18. The first kappa shape index (κ1) is 25.0. The number of fused-ring (bicyclic) bond motifs is 6. The van der Waals surface area contributed by atoms with Crippen molar-refractivity contribution >= 4 is 34.9 Å². The summed E-state index contributed by atoms with van der Waals surface area (Å²) in [6.45, 7) is 0. The minimum atomic E-state index is -1.43. The number of amides is 1. The van der Waals surface area contributed by atoms with Crippen molar-refractivity contribution in [1.29, 1.82) is 0 Å². The van der Waals surface area contributed by atoms with Crippen LogP contribution in [-0.2, 0) is 10.2 Å². The predicted octanol–water partition coefficient (Wildman–Crippen LogP) is 5.69. The standard InChI is InChI=1S/C34H25FN2O4/c1-41-24-9-6-8-22(19-24)32(39)30-29(31(38)21-13-16-23(35)17-14-21)34(25-10-3-4-11-26(25)36-33(34)40)28-18-15-20-7-2-5-12-27(20)37(28)30/h2-19,28-30H,1H3,(H,36,40). The summed E-state index contributed by atoms with van der Waals surface area (Å²) in [5.74, 6) is -2.17. The average molecular weight is 545 g/mol. The number of para-hydroxylation sites is 2. The number of hydrogen-bond acceptors (Lipinski definition) is 5. The molecule has 0 radical (unpaired) electrons. The Morgan fingerprint density at radius 3 is 2.44 bits per heavy atom. The van der Waals surface area contributed by atoms with Crippen molar-refractivity contribution in [2.75, 3.05) is 17.3 Å². The summed E-state index contributed by atoms with van der Waals surface area (Å²) in [6, 6.07) is 25.4. The van der Waals surface area contributed by atoms with E-state index in [1.54, 1.807) is 24.3 Å². The Kier molecular flexibility index (Phi) is 5.64. The van der Waals surface area contributed by atoms with Gasteiger partial charge in [-0.3, -0.25) is 14.4 Å². The van der Waals surface area contributed by atoms with Crippen LogP contribution in [0.25, 0.3) is 6.08 Å². The molecule has 0 saturated carbocycles. The van der Waals surface area contributed by atoms with Crippen LogP contribution >= 0.6 is 0 Å². The van der Waals surface area contributed by atoms with E-state index in [4.69, 9.17) is 4.74 Å². The summed E-state index contributed by atoms with van der Waals surface area (Å²) in [4.78, 5) is 45.6. The SMILES string of the molecule is COc1cccc(C(=O)C2C(C(=O)c3ccc(F)cc3)C3(C(=O)Nc4ccccc43)C3C=Cc4ccccc4N23)c1. The molecule has 0 bridgehead atoms. The molecular formula is C34H25FN2O4. The van der Waals surface area contributed by atoms with E-state index in [0.717, 1.165) is 11.3 Å². The molecule has 1 fully saturated rings. The van der Waals surface area contributed by atoms with Crippen molar-refractivity contribution in [2.24, 2.45) is 5.92 Å². The minimum Gasteiger partial charge on any atom is -0.497 e. The fourth-order valence-corrected chi connectivity index (χ4v) is 6.86. The zero-order valence-corrected chi connectivity index (χ0v) is 22.1. The fourth-order valence-electron chi connectivity index (χ4n) is 6.86. The van der Waals surface area contributed by atoms with Crippen molar-refractivity contribution in [1.82, 2.24) is 0 Å². The maximum Gasteiger partial charge on any atom is 0.238 e. The van der Waals surface area contributed by atoms with Crippen LogP contribution in [0.1, 0.15) is 31.8 Å². The minimum absolute atomic E-state index is 0.230. The highest BCUT2D eigenvalue weighted by Gasteiger charge is 2.70. The van der Waals surface area contributed by atoms with Gasteiger partial charge in [-0.05, 0) is 59.7 Å². The van der Waals surface area contributed by atoms with Crippen LogP contribution in [0.3, 0.4) is 0 Å². The molecule has 202 valence electrons. The van der Waals surface area contributed by atoms with Gasteiger partial charge in [-0.2, -0.15) is 0 Å². The third kappa shape index (κ3) is 3.51. The zero-order chi connectivity index (χ0) is 28.3. The van der Waals surface area contributed by atoms with Gasteiger partial charge in [-0.25, -0.2) is 4.39 Å². The average Bonchev–Trinajstić information content (AvgIpc) is 3.49. The summed E-state index contributed by atoms with van der Waals surface area (Å²) in [6.07, 6.45) is 3.87. The van der Waals surface area contributed by atoms with Gasteiger partial charge in [0.15, 0.2) is 11.6 Å². The molecule has 41 heavy (non-hydrogen) atoms. The van der Waals surface area contributed by atoms with E-state index in [-0.39, 0.29) is 17.3 Å². The van der Waals surface area contributed by atoms with Gasteiger partial charge in [0.25, 0.3) is 0 Å². The number of Topliss-reactive ketones (excluding diaryl/α,β-unsaturated/α-hetero) is 2. The molecule has 1 N–H and O–H groups in total. The molecule has 7 rings (SSSR count). The van der Waals surface area contributed by atoms with E-state index < -0.39 is 35.0 Å². The number of rotatable bonds is 5. The fraction of sp³-hybridized carbons (Fsp3) is 0.147. The van der Waals surface area contributed by atoms with Gasteiger partial charge < -0.3 is 15.0 Å². The lowest BCUT2D eigenvalue weighted by Gasteiger charge is -2.37. The van der Waals surface area contributed by atoms with Crippen molar-refractivity contribution < 1.29 is 23.5 Å². The Bertz CT molecular complexity index is 1760. The number of hydrogen-bond donors (Lipinski definition) is 1.